The molecule has 2 aromatic rings. The van der Waals surface area contributed by atoms with Gasteiger partial charge in [0.15, 0.2) is 6.61 Å². The van der Waals surface area contributed by atoms with Crippen LogP contribution in [0, 0.1) is 11.7 Å². The molecule has 2 N–H and O–H groups in total. The maximum atomic E-state index is 12.9. The van der Waals surface area contributed by atoms with Gasteiger partial charge in [-0.2, -0.15) is 0 Å². The van der Waals surface area contributed by atoms with E-state index in [1.807, 2.05) is 30.3 Å². The Morgan fingerprint density at radius 1 is 1.00 bits per heavy atom. The molecule has 2 aromatic carbocycles. The summed E-state index contributed by atoms with van der Waals surface area (Å²) in [6.07, 6.45) is 0.969. The molecule has 0 spiro atoms. The number of piperidine rings is 1. The fourth-order valence-electron chi connectivity index (χ4n) is 3.15. The summed E-state index contributed by atoms with van der Waals surface area (Å²) in [7, 11) is 0. The number of urea groups is 1. The minimum absolute atomic E-state index is 0.201. The maximum absolute atomic E-state index is 12.9. The monoisotopic (exact) mass is 413 g/mol. The summed E-state index contributed by atoms with van der Waals surface area (Å²) in [6.45, 7) is 0.741. The summed E-state index contributed by atoms with van der Waals surface area (Å²) < 4.78 is 18.0. The van der Waals surface area contributed by atoms with E-state index < -0.39 is 11.9 Å². The van der Waals surface area contributed by atoms with Crippen molar-refractivity contribution >= 4 is 23.6 Å². The third kappa shape index (κ3) is 6.30. The number of anilines is 1. The standard InChI is InChI=1S/C22H24FN3O4/c23-18-8-6-16(7-9-18)14-24-20(27)15-30-21(28)17-10-12-26(13-11-17)22(29)25-19-4-2-1-3-5-19/h1-9,17H,10-15H2,(H,24,27)(H,25,29). The number of amides is 3. The van der Waals surface area contributed by atoms with Gasteiger partial charge in [0.05, 0.1) is 5.92 Å². The van der Waals surface area contributed by atoms with Crippen LogP contribution >= 0.6 is 0 Å². The van der Waals surface area contributed by atoms with Crippen molar-refractivity contribution in [3.63, 3.8) is 0 Å². The molecule has 1 aliphatic rings. The topological polar surface area (TPSA) is 87.7 Å². The molecular weight excluding hydrogens is 389 g/mol. The Kier molecular flexibility index (Phi) is 7.37. The van der Waals surface area contributed by atoms with Crippen LogP contribution < -0.4 is 10.6 Å². The number of carbonyl (C=O) groups is 3. The average Bonchev–Trinajstić information content (AvgIpc) is 2.78. The first-order valence-electron chi connectivity index (χ1n) is 9.80. The van der Waals surface area contributed by atoms with Crippen molar-refractivity contribution in [2.75, 3.05) is 25.0 Å². The van der Waals surface area contributed by atoms with E-state index in [1.54, 1.807) is 17.0 Å². The Hall–Kier alpha value is -3.42. The predicted octanol–water partition coefficient (Wildman–Crippen LogP) is 2.93. The van der Waals surface area contributed by atoms with Gasteiger partial charge in [-0.3, -0.25) is 9.59 Å². The quantitative estimate of drug-likeness (QED) is 0.713. The van der Waals surface area contributed by atoms with Crippen molar-refractivity contribution in [3.8, 4) is 0 Å². The molecule has 0 bridgehead atoms. The first kappa shape index (κ1) is 21.3. The summed E-state index contributed by atoms with van der Waals surface area (Å²) in [5.41, 5.74) is 1.47. The zero-order chi connectivity index (χ0) is 21.3. The Morgan fingerprint density at radius 3 is 2.33 bits per heavy atom. The maximum Gasteiger partial charge on any atom is 0.321 e. The molecule has 3 amide bonds. The number of rotatable bonds is 6. The first-order chi connectivity index (χ1) is 14.5. The van der Waals surface area contributed by atoms with E-state index in [-0.39, 0.29) is 30.9 Å². The SMILES string of the molecule is O=C(COC(=O)C1CCN(C(=O)Nc2ccccc2)CC1)NCc1ccc(F)cc1. The predicted molar refractivity (Wildman–Crippen MR) is 109 cm³/mol. The summed E-state index contributed by atoms with van der Waals surface area (Å²) in [6, 6.07) is 14.7. The van der Waals surface area contributed by atoms with Crippen LogP contribution in [0.2, 0.25) is 0 Å². The zero-order valence-corrected chi connectivity index (χ0v) is 16.5. The van der Waals surface area contributed by atoms with Gasteiger partial charge in [-0.1, -0.05) is 30.3 Å². The fraction of sp³-hybridized carbons (Fsp3) is 0.318. The highest BCUT2D eigenvalue weighted by molar-refractivity contribution is 5.89. The summed E-state index contributed by atoms with van der Waals surface area (Å²) >= 11 is 0. The second kappa shape index (κ2) is 10.4. The van der Waals surface area contributed by atoms with Crippen molar-refractivity contribution < 1.29 is 23.5 Å². The smallest absolute Gasteiger partial charge is 0.321 e. The third-order valence-electron chi connectivity index (χ3n) is 4.89. The molecule has 1 heterocycles. The van der Waals surface area contributed by atoms with E-state index in [1.165, 1.54) is 12.1 Å². The molecule has 1 aliphatic heterocycles. The van der Waals surface area contributed by atoms with Gasteiger partial charge >= 0.3 is 12.0 Å². The van der Waals surface area contributed by atoms with Gasteiger partial charge in [-0.25, -0.2) is 9.18 Å². The van der Waals surface area contributed by atoms with Crippen LogP contribution in [0.4, 0.5) is 14.9 Å². The van der Waals surface area contributed by atoms with Gasteiger partial charge in [-0.05, 0) is 42.7 Å². The molecule has 0 radical (unpaired) electrons. The summed E-state index contributed by atoms with van der Waals surface area (Å²) in [4.78, 5) is 38.0. The molecule has 30 heavy (non-hydrogen) atoms. The molecule has 8 heteroatoms. The lowest BCUT2D eigenvalue weighted by Gasteiger charge is -2.30. The molecule has 0 atom stereocenters. The van der Waals surface area contributed by atoms with Gasteiger partial charge in [-0.15, -0.1) is 0 Å². The number of esters is 1. The Morgan fingerprint density at radius 2 is 1.67 bits per heavy atom. The number of likely N-dealkylation sites (tertiary alicyclic amines) is 1. The largest absolute Gasteiger partial charge is 0.455 e. The molecule has 1 saturated heterocycles. The van der Waals surface area contributed by atoms with E-state index in [0.29, 0.717) is 25.9 Å². The van der Waals surface area contributed by atoms with Crippen molar-refractivity contribution in [3.05, 3.63) is 66.0 Å². The Balaban J connectivity index is 1.35. The van der Waals surface area contributed by atoms with Gasteiger partial charge in [0.25, 0.3) is 5.91 Å². The lowest BCUT2D eigenvalue weighted by atomic mass is 9.97. The summed E-state index contributed by atoms with van der Waals surface area (Å²) in [5.74, 6) is -1.54. The first-order valence-corrected chi connectivity index (χ1v) is 9.80. The van der Waals surface area contributed by atoms with E-state index in [4.69, 9.17) is 4.74 Å². The van der Waals surface area contributed by atoms with Crippen LogP contribution in [0.25, 0.3) is 0 Å². The number of ether oxygens (including phenoxy) is 1. The molecule has 158 valence electrons. The van der Waals surface area contributed by atoms with Gasteiger partial charge < -0.3 is 20.3 Å². The van der Waals surface area contributed by atoms with Crippen molar-refractivity contribution in [2.45, 2.75) is 19.4 Å². The van der Waals surface area contributed by atoms with Crippen LogP contribution in [-0.4, -0.2) is 42.5 Å². The molecule has 0 aromatic heterocycles. The highest BCUT2D eigenvalue weighted by Gasteiger charge is 2.28. The van der Waals surface area contributed by atoms with Crippen LogP contribution in [0.1, 0.15) is 18.4 Å². The number of hydrogen-bond donors (Lipinski definition) is 2. The van der Waals surface area contributed by atoms with Gasteiger partial charge in [0, 0.05) is 25.3 Å². The molecule has 7 nitrogen and oxygen atoms in total. The number of halogens is 1. The van der Waals surface area contributed by atoms with E-state index in [0.717, 1.165) is 11.3 Å². The van der Waals surface area contributed by atoms with Gasteiger partial charge in [0.1, 0.15) is 5.82 Å². The zero-order valence-electron chi connectivity index (χ0n) is 16.5. The number of para-hydroxylation sites is 1. The van der Waals surface area contributed by atoms with E-state index >= 15 is 0 Å². The Bertz CT molecular complexity index is 866. The highest BCUT2D eigenvalue weighted by atomic mass is 19.1. The van der Waals surface area contributed by atoms with Crippen LogP contribution in [0.5, 0.6) is 0 Å². The van der Waals surface area contributed by atoms with Crippen LogP contribution in [0.3, 0.4) is 0 Å². The molecule has 0 aliphatic carbocycles. The van der Waals surface area contributed by atoms with E-state index in [2.05, 4.69) is 10.6 Å². The molecule has 0 unspecified atom stereocenters. The number of hydrogen-bond acceptors (Lipinski definition) is 4. The lowest BCUT2D eigenvalue weighted by Crippen LogP contribution is -2.43. The fourth-order valence-corrected chi connectivity index (χ4v) is 3.15. The minimum atomic E-state index is -0.435. The second-order valence-electron chi connectivity index (χ2n) is 7.07. The number of nitrogens with zero attached hydrogens (tertiary/aromatic N) is 1. The molecule has 0 saturated carbocycles. The van der Waals surface area contributed by atoms with Crippen molar-refractivity contribution in [2.24, 2.45) is 5.92 Å². The molecular formula is C22H24FN3O4. The lowest BCUT2D eigenvalue weighted by molar-refractivity contribution is -0.153. The number of nitrogens with one attached hydrogen (secondary N) is 2. The average molecular weight is 413 g/mol. The number of benzene rings is 2. The second-order valence-corrected chi connectivity index (χ2v) is 7.07. The van der Waals surface area contributed by atoms with Crippen LogP contribution in [-0.2, 0) is 20.9 Å². The van der Waals surface area contributed by atoms with Crippen molar-refractivity contribution in [1.82, 2.24) is 10.2 Å². The highest BCUT2D eigenvalue weighted by Crippen LogP contribution is 2.19. The van der Waals surface area contributed by atoms with Crippen molar-refractivity contribution in [1.29, 1.82) is 0 Å². The summed E-state index contributed by atoms with van der Waals surface area (Å²) in [5, 5.41) is 5.45. The van der Waals surface area contributed by atoms with Gasteiger partial charge in [0.2, 0.25) is 0 Å². The normalized spacial score (nSPS) is 14.1. The Labute approximate surface area is 174 Å². The molecule has 3 rings (SSSR count). The van der Waals surface area contributed by atoms with E-state index in [9.17, 15) is 18.8 Å². The third-order valence-corrected chi connectivity index (χ3v) is 4.89. The molecule has 1 fully saturated rings. The van der Waals surface area contributed by atoms with Crippen LogP contribution in [0.15, 0.2) is 54.6 Å². The number of carbonyl (C=O) groups excluding carboxylic acids is 3. The minimum Gasteiger partial charge on any atom is -0.455 e.